The van der Waals surface area contributed by atoms with Gasteiger partial charge in [0.1, 0.15) is 11.5 Å². The van der Waals surface area contributed by atoms with Crippen LogP contribution in [0.3, 0.4) is 0 Å². The third-order valence-corrected chi connectivity index (χ3v) is 4.91. The Morgan fingerprint density at radius 2 is 1.59 bits per heavy atom. The smallest absolute Gasteiger partial charge is 0.251 e. The Kier molecular flexibility index (Phi) is 7.67. The van der Waals surface area contributed by atoms with Crippen LogP contribution in [0.4, 0.5) is 0 Å². The number of nitrogens with zero attached hydrogens (tertiary/aromatic N) is 1. The standard InChI is InChI=1S/C22H30N2O3/c1-6-24(7-2)19(17-11-9-8-10-12-17)15-23-22(25)18-13-20(26-4)16(3)21(14-18)27-5/h8-14,19H,6-7,15H2,1-5H3,(H,23,25). The van der Waals surface area contributed by atoms with Crippen molar-refractivity contribution in [2.24, 2.45) is 0 Å². The number of methoxy groups -OCH3 is 2. The molecule has 2 rings (SSSR count). The van der Waals surface area contributed by atoms with Gasteiger partial charge in [0.15, 0.2) is 0 Å². The van der Waals surface area contributed by atoms with Crippen molar-refractivity contribution in [1.29, 1.82) is 0 Å². The van der Waals surface area contributed by atoms with Crippen LogP contribution in [0, 0.1) is 6.92 Å². The zero-order valence-electron chi connectivity index (χ0n) is 16.9. The van der Waals surface area contributed by atoms with Crippen LogP contribution in [0.2, 0.25) is 0 Å². The van der Waals surface area contributed by atoms with E-state index >= 15 is 0 Å². The molecular weight excluding hydrogens is 340 g/mol. The van der Waals surface area contributed by atoms with E-state index in [1.54, 1.807) is 26.4 Å². The number of ether oxygens (including phenoxy) is 2. The maximum absolute atomic E-state index is 12.8. The summed E-state index contributed by atoms with van der Waals surface area (Å²) in [6.07, 6.45) is 0. The number of nitrogens with one attached hydrogen (secondary N) is 1. The molecule has 0 aliphatic heterocycles. The van der Waals surface area contributed by atoms with Crippen LogP contribution in [-0.2, 0) is 0 Å². The number of hydrogen-bond acceptors (Lipinski definition) is 4. The molecule has 0 bridgehead atoms. The van der Waals surface area contributed by atoms with Crippen molar-refractivity contribution in [1.82, 2.24) is 10.2 Å². The molecule has 0 aliphatic carbocycles. The average Bonchev–Trinajstić information content (AvgIpc) is 2.71. The molecular formula is C22H30N2O3. The van der Waals surface area contributed by atoms with E-state index in [1.807, 2.05) is 25.1 Å². The van der Waals surface area contributed by atoms with Gasteiger partial charge in [-0.1, -0.05) is 44.2 Å². The fourth-order valence-electron chi connectivity index (χ4n) is 3.31. The molecule has 0 saturated carbocycles. The Morgan fingerprint density at radius 1 is 1.04 bits per heavy atom. The lowest BCUT2D eigenvalue weighted by Gasteiger charge is -2.30. The summed E-state index contributed by atoms with van der Waals surface area (Å²) in [5.41, 5.74) is 2.60. The van der Waals surface area contributed by atoms with Crippen LogP contribution >= 0.6 is 0 Å². The summed E-state index contributed by atoms with van der Waals surface area (Å²) >= 11 is 0. The first kappa shape index (κ1) is 20.8. The van der Waals surface area contributed by atoms with Crippen LogP contribution in [-0.4, -0.2) is 44.7 Å². The topological polar surface area (TPSA) is 50.8 Å². The van der Waals surface area contributed by atoms with Crippen molar-refractivity contribution in [2.75, 3.05) is 33.9 Å². The zero-order chi connectivity index (χ0) is 19.8. The normalized spacial score (nSPS) is 11.9. The van der Waals surface area contributed by atoms with Crippen molar-refractivity contribution in [2.45, 2.75) is 26.8 Å². The molecule has 0 radical (unpaired) electrons. The van der Waals surface area contributed by atoms with E-state index in [4.69, 9.17) is 9.47 Å². The van der Waals surface area contributed by atoms with E-state index in [2.05, 4.69) is 36.2 Å². The minimum absolute atomic E-state index is 0.124. The predicted octanol–water partition coefficient (Wildman–Crippen LogP) is 3.83. The largest absolute Gasteiger partial charge is 0.496 e. The maximum Gasteiger partial charge on any atom is 0.251 e. The molecule has 1 unspecified atom stereocenters. The molecule has 146 valence electrons. The van der Waals surface area contributed by atoms with Crippen LogP contribution in [0.1, 0.15) is 41.4 Å². The molecule has 1 N–H and O–H groups in total. The summed E-state index contributed by atoms with van der Waals surface area (Å²) in [4.78, 5) is 15.1. The molecule has 27 heavy (non-hydrogen) atoms. The van der Waals surface area contributed by atoms with Gasteiger partial charge >= 0.3 is 0 Å². The molecule has 2 aromatic rings. The first-order valence-corrected chi connectivity index (χ1v) is 9.35. The highest BCUT2D eigenvalue weighted by Crippen LogP contribution is 2.29. The monoisotopic (exact) mass is 370 g/mol. The molecule has 0 aromatic heterocycles. The molecule has 5 nitrogen and oxygen atoms in total. The molecule has 0 fully saturated rings. The fraction of sp³-hybridized carbons (Fsp3) is 0.409. The Morgan fingerprint density at radius 3 is 2.07 bits per heavy atom. The molecule has 0 saturated heterocycles. The lowest BCUT2D eigenvalue weighted by atomic mass is 10.0. The van der Waals surface area contributed by atoms with Crippen LogP contribution < -0.4 is 14.8 Å². The number of carbonyl (C=O) groups is 1. The van der Waals surface area contributed by atoms with Crippen molar-refractivity contribution < 1.29 is 14.3 Å². The lowest BCUT2D eigenvalue weighted by molar-refractivity contribution is 0.0934. The van der Waals surface area contributed by atoms with E-state index in [0.29, 0.717) is 23.6 Å². The molecule has 0 spiro atoms. The number of carbonyl (C=O) groups excluding carboxylic acids is 1. The summed E-state index contributed by atoms with van der Waals surface area (Å²) in [6, 6.07) is 13.9. The highest BCUT2D eigenvalue weighted by Gasteiger charge is 2.20. The molecule has 1 amide bonds. The molecule has 0 heterocycles. The predicted molar refractivity (Wildman–Crippen MR) is 109 cm³/mol. The highest BCUT2D eigenvalue weighted by atomic mass is 16.5. The Hall–Kier alpha value is -2.53. The second-order valence-electron chi connectivity index (χ2n) is 6.36. The Labute approximate surface area is 162 Å². The summed E-state index contributed by atoms with van der Waals surface area (Å²) in [5.74, 6) is 1.14. The Balaban J connectivity index is 2.21. The van der Waals surface area contributed by atoms with Crippen LogP contribution in [0.25, 0.3) is 0 Å². The van der Waals surface area contributed by atoms with Crippen LogP contribution in [0.5, 0.6) is 11.5 Å². The van der Waals surface area contributed by atoms with Crippen molar-refractivity contribution >= 4 is 5.91 Å². The van der Waals surface area contributed by atoms with E-state index in [9.17, 15) is 4.79 Å². The lowest BCUT2D eigenvalue weighted by Crippen LogP contribution is -2.38. The van der Waals surface area contributed by atoms with E-state index < -0.39 is 0 Å². The van der Waals surface area contributed by atoms with Gasteiger partial charge in [-0.15, -0.1) is 0 Å². The first-order valence-electron chi connectivity index (χ1n) is 9.35. The summed E-state index contributed by atoms with van der Waals surface area (Å²) < 4.78 is 10.8. The van der Waals surface area contributed by atoms with Gasteiger partial charge < -0.3 is 14.8 Å². The van der Waals surface area contributed by atoms with Crippen molar-refractivity contribution in [3.8, 4) is 11.5 Å². The van der Waals surface area contributed by atoms with Gasteiger partial charge in [0.05, 0.1) is 20.3 Å². The minimum atomic E-state index is -0.139. The average molecular weight is 370 g/mol. The van der Waals surface area contributed by atoms with E-state index in [-0.39, 0.29) is 11.9 Å². The minimum Gasteiger partial charge on any atom is -0.496 e. The molecule has 0 aliphatic rings. The summed E-state index contributed by atoms with van der Waals surface area (Å²) in [7, 11) is 3.19. The van der Waals surface area contributed by atoms with Gasteiger partial charge in [0.25, 0.3) is 5.91 Å². The van der Waals surface area contributed by atoms with Gasteiger partial charge in [-0.25, -0.2) is 0 Å². The SMILES string of the molecule is CCN(CC)C(CNC(=O)c1cc(OC)c(C)c(OC)c1)c1ccccc1. The third kappa shape index (κ3) is 5.01. The van der Waals surface area contributed by atoms with Gasteiger partial charge in [0.2, 0.25) is 0 Å². The van der Waals surface area contributed by atoms with Gasteiger partial charge in [-0.3, -0.25) is 9.69 Å². The second kappa shape index (κ2) is 9.97. The number of likely N-dealkylation sites (N-methyl/N-ethyl adjacent to an activating group) is 1. The number of hydrogen-bond donors (Lipinski definition) is 1. The van der Waals surface area contributed by atoms with Crippen LogP contribution in [0.15, 0.2) is 42.5 Å². The highest BCUT2D eigenvalue weighted by molar-refractivity contribution is 5.95. The summed E-state index contributed by atoms with van der Waals surface area (Å²) in [6.45, 7) is 8.54. The fourth-order valence-corrected chi connectivity index (χ4v) is 3.31. The summed E-state index contributed by atoms with van der Waals surface area (Å²) in [5, 5.41) is 3.08. The number of benzene rings is 2. The zero-order valence-corrected chi connectivity index (χ0v) is 16.9. The molecule has 5 heteroatoms. The number of amides is 1. The molecule has 1 atom stereocenters. The van der Waals surface area contributed by atoms with Gasteiger partial charge in [-0.2, -0.15) is 0 Å². The first-order chi connectivity index (χ1) is 13.0. The van der Waals surface area contributed by atoms with Gasteiger partial charge in [0, 0.05) is 17.7 Å². The quantitative estimate of drug-likeness (QED) is 0.729. The number of rotatable bonds is 9. The van der Waals surface area contributed by atoms with Crippen molar-refractivity contribution in [3.63, 3.8) is 0 Å². The van der Waals surface area contributed by atoms with Crippen molar-refractivity contribution in [3.05, 3.63) is 59.2 Å². The van der Waals surface area contributed by atoms with E-state index in [0.717, 1.165) is 18.7 Å². The Bertz CT molecular complexity index is 717. The second-order valence-corrected chi connectivity index (χ2v) is 6.36. The van der Waals surface area contributed by atoms with E-state index in [1.165, 1.54) is 5.56 Å². The maximum atomic E-state index is 12.8. The molecule has 2 aromatic carbocycles. The van der Waals surface area contributed by atoms with Gasteiger partial charge in [-0.05, 0) is 37.7 Å². The third-order valence-electron chi connectivity index (χ3n) is 4.91.